The van der Waals surface area contributed by atoms with Crippen LogP contribution < -0.4 is 0 Å². The number of esters is 1. The van der Waals surface area contributed by atoms with Gasteiger partial charge in [0, 0.05) is 12.3 Å². The first-order chi connectivity index (χ1) is 11.4. The second-order valence-electron chi connectivity index (χ2n) is 6.94. The second kappa shape index (κ2) is 6.96. The minimum absolute atomic E-state index is 0.0896. The quantitative estimate of drug-likeness (QED) is 0.587. The highest BCUT2D eigenvalue weighted by Crippen LogP contribution is 2.57. The van der Waals surface area contributed by atoms with Crippen LogP contribution in [0.4, 0.5) is 26.3 Å². The molecule has 0 aromatic heterocycles. The summed E-state index contributed by atoms with van der Waals surface area (Å²) < 4.78 is 84.8. The highest BCUT2D eigenvalue weighted by Gasteiger charge is 2.75. The smallest absolute Gasteiger partial charge is 0.426 e. The normalized spacial score (nSPS) is 31.4. The summed E-state index contributed by atoms with van der Waals surface area (Å²) in [6, 6.07) is 0. The Kier molecular flexibility index (Phi) is 5.66. The van der Waals surface area contributed by atoms with Gasteiger partial charge in [-0.2, -0.15) is 26.3 Å². The van der Waals surface area contributed by atoms with Crippen molar-refractivity contribution < 1.29 is 41.0 Å². The van der Waals surface area contributed by atoms with Crippen molar-refractivity contribution in [1.82, 2.24) is 0 Å². The van der Waals surface area contributed by atoms with E-state index < -0.39 is 47.8 Å². The van der Waals surface area contributed by atoms with Crippen molar-refractivity contribution in [2.45, 2.75) is 75.9 Å². The summed E-state index contributed by atoms with van der Waals surface area (Å²) in [7, 11) is 0. The third-order valence-electron chi connectivity index (χ3n) is 5.60. The van der Waals surface area contributed by atoms with Gasteiger partial charge >= 0.3 is 18.3 Å². The van der Waals surface area contributed by atoms with Crippen molar-refractivity contribution in [3.05, 3.63) is 0 Å². The zero-order valence-electron chi connectivity index (χ0n) is 13.8. The second-order valence-corrected chi connectivity index (χ2v) is 6.94. The van der Waals surface area contributed by atoms with Crippen LogP contribution in [0.5, 0.6) is 0 Å². The average molecular weight is 376 g/mol. The van der Waals surface area contributed by atoms with Gasteiger partial charge in [0.1, 0.15) is 6.10 Å². The standard InChI is InChI=1S/C16H22F6O3/c1-2-13(23)25-12-8-4-5-9-10(12)6-3-7-11(9)14(24,15(17,18)19)16(20,21)22/h9-12,24H,2-8H2,1H3. The largest absolute Gasteiger partial charge is 0.462 e. The van der Waals surface area contributed by atoms with Gasteiger partial charge in [-0.3, -0.25) is 4.79 Å². The minimum Gasteiger partial charge on any atom is -0.462 e. The van der Waals surface area contributed by atoms with Gasteiger partial charge in [-0.05, 0) is 43.9 Å². The first kappa shape index (κ1) is 20.3. The van der Waals surface area contributed by atoms with Gasteiger partial charge in [-0.15, -0.1) is 0 Å². The van der Waals surface area contributed by atoms with E-state index in [2.05, 4.69) is 0 Å². The van der Waals surface area contributed by atoms with Crippen LogP contribution in [0.3, 0.4) is 0 Å². The number of hydrogen-bond acceptors (Lipinski definition) is 3. The number of rotatable bonds is 3. The lowest BCUT2D eigenvalue weighted by Gasteiger charge is -2.50. The van der Waals surface area contributed by atoms with E-state index in [1.165, 1.54) is 0 Å². The maximum Gasteiger partial charge on any atom is 0.426 e. The Hall–Kier alpha value is -0.990. The number of carbonyl (C=O) groups is 1. The van der Waals surface area contributed by atoms with Crippen LogP contribution in [-0.4, -0.2) is 35.1 Å². The Labute approximate surface area is 141 Å². The average Bonchev–Trinajstić information content (AvgIpc) is 2.51. The molecule has 0 saturated heterocycles. The van der Waals surface area contributed by atoms with Crippen molar-refractivity contribution >= 4 is 5.97 Å². The molecule has 0 radical (unpaired) electrons. The Morgan fingerprint density at radius 2 is 1.48 bits per heavy atom. The molecule has 0 amide bonds. The molecule has 0 aliphatic heterocycles. The molecular formula is C16H22F6O3. The summed E-state index contributed by atoms with van der Waals surface area (Å²) >= 11 is 0. The van der Waals surface area contributed by atoms with Crippen LogP contribution in [0.1, 0.15) is 51.9 Å². The molecule has 2 aliphatic carbocycles. The van der Waals surface area contributed by atoms with Crippen molar-refractivity contribution in [3.63, 3.8) is 0 Å². The fraction of sp³-hybridized carbons (Fsp3) is 0.938. The first-order valence-electron chi connectivity index (χ1n) is 8.48. The number of halogens is 6. The molecular weight excluding hydrogens is 354 g/mol. The monoisotopic (exact) mass is 376 g/mol. The van der Waals surface area contributed by atoms with E-state index >= 15 is 0 Å². The third kappa shape index (κ3) is 3.61. The Morgan fingerprint density at radius 1 is 0.960 bits per heavy atom. The lowest BCUT2D eigenvalue weighted by Crippen LogP contribution is -2.65. The molecule has 9 heteroatoms. The molecule has 0 aromatic rings. The molecule has 3 nitrogen and oxygen atoms in total. The molecule has 146 valence electrons. The number of ether oxygens (including phenoxy) is 1. The summed E-state index contributed by atoms with van der Waals surface area (Å²) in [6.07, 6.45) is -11.1. The fourth-order valence-electron chi connectivity index (χ4n) is 4.44. The van der Waals surface area contributed by atoms with E-state index in [4.69, 9.17) is 4.74 Å². The van der Waals surface area contributed by atoms with E-state index in [-0.39, 0.29) is 25.7 Å². The van der Waals surface area contributed by atoms with Crippen LogP contribution in [0.25, 0.3) is 0 Å². The van der Waals surface area contributed by atoms with Gasteiger partial charge in [-0.1, -0.05) is 13.3 Å². The minimum atomic E-state index is -5.81. The summed E-state index contributed by atoms with van der Waals surface area (Å²) in [6.45, 7) is 1.57. The zero-order chi connectivity index (χ0) is 19.0. The molecule has 25 heavy (non-hydrogen) atoms. The first-order valence-corrected chi connectivity index (χ1v) is 8.48. The van der Waals surface area contributed by atoms with Crippen molar-refractivity contribution in [3.8, 4) is 0 Å². The molecule has 2 aliphatic rings. The van der Waals surface area contributed by atoms with Gasteiger partial charge in [0.25, 0.3) is 5.60 Å². The van der Waals surface area contributed by atoms with Gasteiger partial charge in [-0.25, -0.2) is 0 Å². The zero-order valence-corrected chi connectivity index (χ0v) is 13.8. The lowest BCUT2D eigenvalue weighted by molar-refractivity contribution is -0.394. The molecule has 0 spiro atoms. The van der Waals surface area contributed by atoms with E-state index in [0.717, 1.165) is 0 Å². The highest BCUT2D eigenvalue weighted by atomic mass is 19.4. The molecule has 2 saturated carbocycles. The lowest BCUT2D eigenvalue weighted by atomic mass is 9.59. The number of alkyl halides is 6. The molecule has 0 aromatic carbocycles. The predicted molar refractivity (Wildman–Crippen MR) is 75.4 cm³/mol. The van der Waals surface area contributed by atoms with E-state index in [0.29, 0.717) is 19.3 Å². The molecule has 0 bridgehead atoms. The molecule has 4 atom stereocenters. The van der Waals surface area contributed by atoms with Crippen LogP contribution in [0, 0.1) is 17.8 Å². The number of hydrogen-bond donors (Lipinski definition) is 1. The van der Waals surface area contributed by atoms with Gasteiger partial charge in [0.2, 0.25) is 0 Å². The van der Waals surface area contributed by atoms with E-state index in [1.807, 2.05) is 0 Å². The number of carbonyl (C=O) groups excluding carboxylic acids is 1. The van der Waals surface area contributed by atoms with Gasteiger partial charge in [0.15, 0.2) is 0 Å². The summed E-state index contributed by atoms with van der Waals surface area (Å²) in [5.74, 6) is -4.06. The fourth-order valence-corrected chi connectivity index (χ4v) is 4.44. The Balaban J connectivity index is 2.34. The number of fused-ring (bicyclic) bond motifs is 1. The molecule has 1 N–H and O–H groups in total. The van der Waals surface area contributed by atoms with E-state index in [9.17, 15) is 36.2 Å². The van der Waals surface area contributed by atoms with Crippen LogP contribution in [0.15, 0.2) is 0 Å². The highest BCUT2D eigenvalue weighted by molar-refractivity contribution is 5.69. The molecule has 0 heterocycles. The van der Waals surface area contributed by atoms with Crippen LogP contribution in [-0.2, 0) is 9.53 Å². The molecule has 2 rings (SSSR count). The number of aliphatic hydroxyl groups is 1. The maximum absolute atomic E-state index is 13.3. The van der Waals surface area contributed by atoms with Gasteiger partial charge < -0.3 is 9.84 Å². The molecule has 4 unspecified atom stereocenters. The van der Waals surface area contributed by atoms with Crippen LogP contribution >= 0.6 is 0 Å². The van der Waals surface area contributed by atoms with E-state index in [1.54, 1.807) is 6.92 Å². The predicted octanol–water partition coefficient (Wildman–Crippen LogP) is 4.38. The summed E-state index contributed by atoms with van der Waals surface area (Å²) in [5.41, 5.74) is -4.74. The summed E-state index contributed by atoms with van der Waals surface area (Å²) in [4.78, 5) is 11.5. The SMILES string of the molecule is CCC(=O)OC1CCCC2C1CCCC2C(O)(C(F)(F)F)C(F)(F)F. The van der Waals surface area contributed by atoms with Crippen LogP contribution in [0.2, 0.25) is 0 Å². The Bertz CT molecular complexity index is 473. The third-order valence-corrected chi connectivity index (χ3v) is 5.60. The molecule has 2 fully saturated rings. The van der Waals surface area contributed by atoms with Crippen molar-refractivity contribution in [2.75, 3.05) is 0 Å². The maximum atomic E-state index is 13.3. The van der Waals surface area contributed by atoms with Crippen molar-refractivity contribution in [1.29, 1.82) is 0 Å². The van der Waals surface area contributed by atoms with Gasteiger partial charge in [0.05, 0.1) is 0 Å². The Morgan fingerprint density at radius 3 is 2.00 bits per heavy atom. The van der Waals surface area contributed by atoms with Crippen molar-refractivity contribution in [2.24, 2.45) is 17.8 Å². The summed E-state index contributed by atoms with van der Waals surface area (Å²) in [5, 5.41) is 9.80. The topological polar surface area (TPSA) is 46.5 Å².